The number of benzene rings is 2. The number of imide groups is 1. The normalized spacial score (nSPS) is 19.6. The number of nitrogens with zero attached hydrogens (tertiary/aromatic N) is 6. The van der Waals surface area contributed by atoms with E-state index in [1.807, 2.05) is 30.3 Å². The maximum absolute atomic E-state index is 13.1. The molecule has 1 spiro atoms. The minimum Gasteiger partial charge on any atom is -0.369 e. The first kappa shape index (κ1) is 31.9. The van der Waals surface area contributed by atoms with E-state index in [0.717, 1.165) is 78.5 Å². The third kappa shape index (κ3) is 5.56. The molecule has 52 heavy (non-hydrogen) atoms. The number of aryl methyl sites for hydroxylation is 1. The summed E-state index contributed by atoms with van der Waals surface area (Å²) in [5.41, 5.74) is 7.34. The van der Waals surface area contributed by atoms with Crippen LogP contribution in [0.25, 0.3) is 33.8 Å². The standard InChI is InChI=1S/C39H37N9O4/c1-45-32-21-24(4-9-30(32)48(38(45)52)31-10-11-33(49)44-37(31)51)3-2-16-46-17-19-47(20-18-46)26-7-5-25(6-8-26)35-40-15-12-28(43-35)29-22-27-34(42-29)39(13-14-39)23-41-36(27)50/h4-9,12,15,21-22,31,42H,10-11,13-14,16-20,23H2,1H3,(H,41,50)(H,44,49,51). The highest BCUT2D eigenvalue weighted by Crippen LogP contribution is 2.50. The maximum atomic E-state index is 13.1. The second kappa shape index (κ2) is 12.3. The summed E-state index contributed by atoms with van der Waals surface area (Å²) in [5, 5.41) is 5.38. The third-order valence-electron chi connectivity index (χ3n) is 11.0. The fraction of sp³-hybridized carbons (Fsp3) is 0.333. The Labute approximate surface area is 299 Å². The molecule has 0 bridgehead atoms. The number of amides is 3. The van der Waals surface area contributed by atoms with Crippen molar-refractivity contribution in [3.63, 3.8) is 0 Å². The first-order valence-corrected chi connectivity index (χ1v) is 17.7. The Balaban J connectivity index is 0.825. The van der Waals surface area contributed by atoms with E-state index in [1.54, 1.807) is 13.2 Å². The van der Waals surface area contributed by atoms with Crippen LogP contribution >= 0.6 is 0 Å². The van der Waals surface area contributed by atoms with Gasteiger partial charge in [-0.15, -0.1) is 0 Å². The van der Waals surface area contributed by atoms with Crippen LogP contribution in [0.15, 0.2) is 65.6 Å². The largest absolute Gasteiger partial charge is 0.369 e. The third-order valence-corrected chi connectivity index (χ3v) is 11.0. The molecular weight excluding hydrogens is 658 g/mol. The zero-order valence-electron chi connectivity index (χ0n) is 28.7. The van der Waals surface area contributed by atoms with Gasteiger partial charge in [0.25, 0.3) is 5.91 Å². The van der Waals surface area contributed by atoms with Crippen molar-refractivity contribution in [3.8, 4) is 34.6 Å². The molecule has 2 saturated heterocycles. The summed E-state index contributed by atoms with van der Waals surface area (Å²) < 4.78 is 3.01. The molecule has 6 heterocycles. The number of rotatable bonds is 5. The molecule has 1 saturated carbocycles. The average Bonchev–Trinajstić information content (AvgIpc) is 3.72. The molecule has 13 nitrogen and oxygen atoms in total. The number of aromatic amines is 1. The molecule has 3 N–H and O–H groups in total. The lowest BCUT2D eigenvalue weighted by Crippen LogP contribution is -2.46. The van der Waals surface area contributed by atoms with Gasteiger partial charge in [-0.3, -0.25) is 33.7 Å². The van der Waals surface area contributed by atoms with E-state index >= 15 is 0 Å². The first-order valence-electron chi connectivity index (χ1n) is 17.7. The van der Waals surface area contributed by atoms with Gasteiger partial charge in [0.15, 0.2) is 5.82 Å². The molecule has 262 valence electrons. The first-order chi connectivity index (χ1) is 25.3. The Kier molecular flexibility index (Phi) is 7.58. The zero-order chi connectivity index (χ0) is 35.6. The molecule has 3 aromatic heterocycles. The molecule has 3 fully saturated rings. The SMILES string of the molecule is Cn1c(=O)n(C2CCC(=O)NC2=O)c2ccc(C#CCN3CCN(c4ccc(-c5nccc(-c6cc7c([nH]6)C6(CC6)CNC7=O)n5)cc4)CC3)cc21. The molecular formula is C39H37N9O4. The van der Waals surface area contributed by atoms with Gasteiger partial charge in [-0.2, -0.15) is 0 Å². The van der Waals surface area contributed by atoms with Crippen LogP contribution in [0.5, 0.6) is 0 Å². The fourth-order valence-corrected chi connectivity index (χ4v) is 7.76. The Hall–Kier alpha value is -6.00. The van der Waals surface area contributed by atoms with Crippen LogP contribution in [-0.4, -0.2) is 86.0 Å². The number of nitrogens with one attached hydrogen (secondary N) is 3. The number of H-pyrrole nitrogens is 1. The molecule has 1 unspecified atom stereocenters. The molecule has 3 amide bonds. The van der Waals surface area contributed by atoms with Crippen molar-refractivity contribution in [3.05, 3.63) is 88.1 Å². The minimum atomic E-state index is -0.711. The number of piperidine rings is 1. The van der Waals surface area contributed by atoms with Gasteiger partial charge in [0.2, 0.25) is 11.8 Å². The van der Waals surface area contributed by atoms with E-state index in [2.05, 4.69) is 66.5 Å². The van der Waals surface area contributed by atoms with Crippen molar-refractivity contribution in [1.29, 1.82) is 0 Å². The monoisotopic (exact) mass is 695 g/mol. The van der Waals surface area contributed by atoms with Crippen LogP contribution in [0.4, 0.5) is 5.69 Å². The van der Waals surface area contributed by atoms with Gasteiger partial charge < -0.3 is 15.2 Å². The Morgan fingerprint density at radius 1 is 0.942 bits per heavy atom. The van der Waals surface area contributed by atoms with Crippen molar-refractivity contribution >= 4 is 34.4 Å². The maximum Gasteiger partial charge on any atom is 0.329 e. The van der Waals surface area contributed by atoms with Crippen LogP contribution in [0.1, 0.15) is 53.3 Å². The van der Waals surface area contributed by atoms with Crippen LogP contribution in [0, 0.1) is 11.8 Å². The lowest BCUT2D eigenvalue weighted by molar-refractivity contribution is -0.135. The smallest absolute Gasteiger partial charge is 0.329 e. The lowest BCUT2D eigenvalue weighted by Gasteiger charge is -2.35. The summed E-state index contributed by atoms with van der Waals surface area (Å²) in [4.78, 5) is 67.3. The van der Waals surface area contributed by atoms with Crippen LogP contribution in [-0.2, 0) is 22.1 Å². The topological polar surface area (TPSA) is 150 Å². The summed E-state index contributed by atoms with van der Waals surface area (Å²) in [6.45, 7) is 4.83. The Morgan fingerprint density at radius 3 is 2.52 bits per heavy atom. The highest BCUT2D eigenvalue weighted by molar-refractivity contribution is 6.00. The molecule has 1 atom stereocenters. The number of aromatic nitrogens is 5. The number of carbonyl (C=O) groups excluding carboxylic acids is 3. The van der Waals surface area contributed by atoms with Gasteiger partial charge in [0.05, 0.1) is 34.5 Å². The number of fused-ring (bicyclic) bond motifs is 3. The predicted octanol–water partition coefficient (Wildman–Crippen LogP) is 2.72. The van der Waals surface area contributed by atoms with Gasteiger partial charge >= 0.3 is 5.69 Å². The van der Waals surface area contributed by atoms with Crippen molar-refractivity contribution in [2.45, 2.75) is 37.1 Å². The molecule has 3 aliphatic heterocycles. The summed E-state index contributed by atoms with van der Waals surface area (Å²) in [5.74, 6) is 6.40. The molecule has 4 aliphatic rings. The van der Waals surface area contributed by atoms with Gasteiger partial charge in [-0.1, -0.05) is 11.8 Å². The van der Waals surface area contributed by atoms with E-state index in [9.17, 15) is 19.2 Å². The number of hydrogen-bond donors (Lipinski definition) is 3. The van der Waals surface area contributed by atoms with Crippen molar-refractivity contribution in [2.75, 3.05) is 44.2 Å². The number of hydrogen-bond acceptors (Lipinski definition) is 8. The van der Waals surface area contributed by atoms with Crippen molar-refractivity contribution in [2.24, 2.45) is 7.05 Å². The van der Waals surface area contributed by atoms with Crippen molar-refractivity contribution in [1.82, 2.24) is 39.6 Å². The molecule has 0 radical (unpaired) electrons. The zero-order valence-corrected chi connectivity index (χ0v) is 28.7. The summed E-state index contributed by atoms with van der Waals surface area (Å²) in [7, 11) is 1.68. The van der Waals surface area contributed by atoms with Gasteiger partial charge in [0, 0.05) is 80.3 Å². The fourth-order valence-electron chi connectivity index (χ4n) is 7.76. The Morgan fingerprint density at radius 2 is 1.75 bits per heavy atom. The summed E-state index contributed by atoms with van der Waals surface area (Å²) in [6, 6.07) is 17.0. The van der Waals surface area contributed by atoms with Gasteiger partial charge in [-0.05, 0) is 73.9 Å². The number of anilines is 1. The predicted molar refractivity (Wildman–Crippen MR) is 195 cm³/mol. The minimum absolute atomic E-state index is 0.0284. The lowest BCUT2D eigenvalue weighted by atomic mass is 9.95. The second-order valence-corrected chi connectivity index (χ2v) is 14.2. The van der Waals surface area contributed by atoms with E-state index in [4.69, 9.17) is 4.98 Å². The number of piperazine rings is 1. The van der Waals surface area contributed by atoms with Crippen LogP contribution in [0.3, 0.4) is 0 Å². The second-order valence-electron chi connectivity index (χ2n) is 14.2. The molecule has 1 aliphatic carbocycles. The van der Waals surface area contributed by atoms with E-state index in [-0.39, 0.29) is 29.3 Å². The van der Waals surface area contributed by atoms with E-state index < -0.39 is 11.9 Å². The number of carbonyl (C=O) groups is 3. The quantitative estimate of drug-likeness (QED) is 0.188. The molecule has 2 aromatic carbocycles. The average molecular weight is 696 g/mol. The highest BCUT2D eigenvalue weighted by atomic mass is 16.2. The Bertz CT molecular complexity index is 2400. The van der Waals surface area contributed by atoms with Gasteiger partial charge in [0.1, 0.15) is 6.04 Å². The van der Waals surface area contributed by atoms with Crippen LogP contribution < -0.4 is 21.2 Å². The van der Waals surface area contributed by atoms with E-state index in [1.165, 1.54) is 9.13 Å². The van der Waals surface area contributed by atoms with Gasteiger partial charge in [-0.25, -0.2) is 14.8 Å². The molecule has 13 heteroatoms. The summed E-state index contributed by atoms with van der Waals surface area (Å²) in [6.07, 6.45) is 4.44. The molecule has 9 rings (SSSR count). The number of imidazole rings is 1. The molecule has 5 aromatic rings. The highest BCUT2D eigenvalue weighted by Gasteiger charge is 2.50. The summed E-state index contributed by atoms with van der Waals surface area (Å²) >= 11 is 0. The van der Waals surface area contributed by atoms with E-state index in [0.29, 0.717) is 36.4 Å². The van der Waals surface area contributed by atoms with Crippen LogP contribution in [0.2, 0.25) is 0 Å². The van der Waals surface area contributed by atoms with Crippen molar-refractivity contribution < 1.29 is 14.4 Å².